The molecule has 1 aromatic heterocycles. The minimum Gasteiger partial charge on any atom is -0.504 e. The van der Waals surface area contributed by atoms with Crippen molar-refractivity contribution >= 4 is 34.7 Å². The van der Waals surface area contributed by atoms with Gasteiger partial charge in [0, 0.05) is 70.0 Å². The Bertz CT molecular complexity index is 2360. The first kappa shape index (κ1) is 35.9. The minimum absolute atomic E-state index is 0.00862. The molecule has 3 aromatic carbocycles. The molecule has 8 aliphatic rings. The third-order valence-corrected chi connectivity index (χ3v) is 14.4. The topological polar surface area (TPSA) is 152 Å². The summed E-state index contributed by atoms with van der Waals surface area (Å²) in [5.41, 5.74) is 4.35. The monoisotopic (exact) mass is 783 g/mol. The molecule has 0 saturated carbocycles. The van der Waals surface area contributed by atoms with Crippen LogP contribution >= 0.6 is 11.8 Å². The molecule has 9 heterocycles. The molecule has 2 saturated heterocycles. The summed E-state index contributed by atoms with van der Waals surface area (Å²) < 4.78 is 37.6. The van der Waals surface area contributed by atoms with Crippen LogP contribution in [-0.2, 0) is 32.7 Å². The number of phenolic OH excluding ortho intramolecular Hbond substituents is 1. The number of phenols is 1. The molecule has 13 nitrogen and oxygen atoms in total. The molecule has 3 N–H and O–H groups in total. The van der Waals surface area contributed by atoms with Crippen molar-refractivity contribution in [3.05, 3.63) is 75.0 Å². The van der Waals surface area contributed by atoms with E-state index in [9.17, 15) is 15.0 Å². The molecule has 14 heteroatoms. The van der Waals surface area contributed by atoms with E-state index < -0.39 is 40.4 Å². The summed E-state index contributed by atoms with van der Waals surface area (Å²) in [6, 6.07) is 8.09. The number of carbonyl (C=O) groups is 2. The third-order valence-electron chi connectivity index (χ3n) is 13.0. The van der Waals surface area contributed by atoms with E-state index >= 15 is 4.79 Å². The lowest BCUT2D eigenvalue weighted by atomic mass is 9.76. The summed E-state index contributed by atoms with van der Waals surface area (Å²) in [7, 11) is 3.67. The highest BCUT2D eigenvalue weighted by molar-refractivity contribution is 7.99. The van der Waals surface area contributed by atoms with Crippen molar-refractivity contribution < 1.29 is 47.9 Å². The highest BCUT2D eigenvalue weighted by atomic mass is 32.2. The third kappa shape index (κ3) is 4.76. The molecule has 294 valence electrons. The lowest BCUT2D eigenvalue weighted by Crippen LogP contribution is -2.69. The van der Waals surface area contributed by atoms with Gasteiger partial charge in [-0.15, -0.1) is 11.8 Å². The van der Waals surface area contributed by atoms with Crippen molar-refractivity contribution in [1.82, 2.24) is 15.1 Å². The van der Waals surface area contributed by atoms with Gasteiger partial charge in [-0.25, -0.2) is 4.79 Å². The summed E-state index contributed by atoms with van der Waals surface area (Å²) in [5, 5.41) is 26.7. The molecule has 8 aliphatic heterocycles. The second-order valence-electron chi connectivity index (χ2n) is 16.4. The maximum Gasteiger partial charge on any atom is 0.335 e. The number of benzene rings is 3. The van der Waals surface area contributed by atoms with Crippen LogP contribution in [0, 0.1) is 13.8 Å². The quantitative estimate of drug-likeness (QED) is 0.191. The van der Waals surface area contributed by atoms with E-state index in [0.717, 1.165) is 38.8 Å². The van der Waals surface area contributed by atoms with Gasteiger partial charge in [0.15, 0.2) is 28.5 Å². The number of esters is 2. The molecular formula is C42H45N3O10S. The van der Waals surface area contributed by atoms with Crippen molar-refractivity contribution in [1.29, 1.82) is 0 Å². The van der Waals surface area contributed by atoms with Crippen molar-refractivity contribution in [2.75, 3.05) is 46.5 Å². The van der Waals surface area contributed by atoms with Crippen LogP contribution in [0.4, 0.5) is 0 Å². The lowest BCUT2D eigenvalue weighted by Gasteiger charge is -2.61. The number of aryl methyl sites for hydroxylation is 1. The summed E-state index contributed by atoms with van der Waals surface area (Å²) in [6.45, 7) is 7.81. The zero-order valence-corrected chi connectivity index (χ0v) is 33.0. The van der Waals surface area contributed by atoms with E-state index in [0.29, 0.717) is 59.3 Å². The van der Waals surface area contributed by atoms with Crippen LogP contribution in [0.3, 0.4) is 0 Å². The first-order chi connectivity index (χ1) is 26.9. The van der Waals surface area contributed by atoms with Gasteiger partial charge in [-0.05, 0) is 57.9 Å². The number of nitrogens with one attached hydrogen (secondary N) is 1. The van der Waals surface area contributed by atoms with Gasteiger partial charge < -0.3 is 38.3 Å². The fraction of sp³-hybridized carbons (Fsp3) is 0.476. The largest absolute Gasteiger partial charge is 0.504 e. The van der Waals surface area contributed by atoms with E-state index in [2.05, 4.69) is 35.2 Å². The fourth-order valence-electron chi connectivity index (χ4n) is 11.1. The van der Waals surface area contributed by atoms with Gasteiger partial charge in [-0.2, -0.15) is 0 Å². The molecule has 0 amide bonds. The van der Waals surface area contributed by atoms with E-state index in [1.165, 1.54) is 6.92 Å². The number of aliphatic hydroxyl groups excluding tert-OH is 1. The molecule has 8 atom stereocenters. The second kappa shape index (κ2) is 12.5. The molecule has 0 aliphatic carbocycles. The number of aliphatic hydroxyl groups is 1. The summed E-state index contributed by atoms with van der Waals surface area (Å²) in [5.74, 6) is 1.64. The average Bonchev–Trinajstić information content (AvgIpc) is 3.76. The maximum atomic E-state index is 15.0. The van der Waals surface area contributed by atoms with Gasteiger partial charge in [0.2, 0.25) is 6.79 Å². The normalized spacial score (nSPS) is 31.3. The van der Waals surface area contributed by atoms with Crippen LogP contribution in [0.15, 0.2) is 34.7 Å². The number of fused-ring (bicyclic) bond motifs is 8. The molecule has 0 radical (unpaired) electrons. The van der Waals surface area contributed by atoms with Gasteiger partial charge in [-0.1, -0.05) is 24.3 Å². The van der Waals surface area contributed by atoms with Crippen LogP contribution in [0.5, 0.6) is 28.7 Å². The van der Waals surface area contributed by atoms with E-state index in [-0.39, 0.29) is 43.6 Å². The first-order valence-corrected chi connectivity index (χ1v) is 20.2. The van der Waals surface area contributed by atoms with Crippen molar-refractivity contribution in [3.63, 3.8) is 0 Å². The Morgan fingerprint density at radius 3 is 2.66 bits per heavy atom. The van der Waals surface area contributed by atoms with Crippen LogP contribution < -0.4 is 24.3 Å². The highest BCUT2D eigenvalue weighted by Gasteiger charge is 2.63. The van der Waals surface area contributed by atoms with Gasteiger partial charge in [0.25, 0.3) is 0 Å². The molecule has 12 rings (SSSR count). The van der Waals surface area contributed by atoms with Crippen LogP contribution in [0.25, 0.3) is 11.0 Å². The summed E-state index contributed by atoms with van der Waals surface area (Å²) >= 11 is 1.55. The predicted molar refractivity (Wildman–Crippen MR) is 206 cm³/mol. The van der Waals surface area contributed by atoms with E-state index in [1.54, 1.807) is 18.9 Å². The molecule has 2 unspecified atom stereocenters. The number of aromatic hydroxyl groups is 1. The Balaban J connectivity index is 1.26. The molecule has 4 bridgehead atoms. The Morgan fingerprint density at radius 2 is 1.89 bits per heavy atom. The second-order valence-corrected chi connectivity index (χ2v) is 17.5. The average molecular weight is 784 g/mol. The molecule has 4 aromatic rings. The number of methoxy groups -OCH3 is 1. The number of carbonyl (C=O) groups excluding carboxylic acids is 2. The Kier molecular flexibility index (Phi) is 8.02. The first-order valence-electron chi connectivity index (χ1n) is 19.1. The molecule has 1 spiro atoms. The number of furan rings is 1. The fourth-order valence-corrected chi connectivity index (χ4v) is 12.7. The number of thioether (sulfide) groups is 1. The Morgan fingerprint density at radius 1 is 1.11 bits per heavy atom. The van der Waals surface area contributed by atoms with Crippen LogP contribution in [0.2, 0.25) is 0 Å². The zero-order valence-electron chi connectivity index (χ0n) is 32.2. The van der Waals surface area contributed by atoms with Crippen molar-refractivity contribution in [2.24, 2.45) is 0 Å². The summed E-state index contributed by atoms with van der Waals surface area (Å²) in [4.78, 5) is 32.8. The number of likely N-dealkylation sites (N-methyl/N-ethyl adjacent to an activating group) is 1. The maximum absolute atomic E-state index is 15.0. The lowest BCUT2D eigenvalue weighted by molar-refractivity contribution is -0.161. The number of rotatable bonds is 3. The van der Waals surface area contributed by atoms with Crippen LogP contribution in [0.1, 0.15) is 75.9 Å². The number of nitrogens with zero attached hydrogens (tertiary/aromatic N) is 2. The molecular weight excluding hydrogens is 739 g/mol. The van der Waals surface area contributed by atoms with Crippen molar-refractivity contribution in [3.8, 4) is 28.7 Å². The molecule has 2 fully saturated rings. The van der Waals surface area contributed by atoms with Crippen molar-refractivity contribution in [2.45, 2.75) is 81.0 Å². The van der Waals surface area contributed by atoms with Gasteiger partial charge in [0.1, 0.15) is 23.7 Å². The smallest absolute Gasteiger partial charge is 0.335 e. The van der Waals surface area contributed by atoms with Crippen LogP contribution in [-0.4, -0.2) is 96.0 Å². The van der Waals surface area contributed by atoms with Gasteiger partial charge >= 0.3 is 11.9 Å². The zero-order chi connectivity index (χ0) is 39.0. The Hall–Kier alpha value is -4.47. The number of ether oxygens (including phenoxy) is 5. The summed E-state index contributed by atoms with van der Waals surface area (Å²) in [6.07, 6.45) is 1.07. The standard InChI is InChI=1S/C42H45N3O10S/c1-19-11-22-13-41(4)16-44(5)31(28(22)33(48)34(19)50-6)32-38-30-29(37-36(52-18-53-37)20(2)35(30)54-21(3)47)26(45(32)41)15-51-40(49)42(17-56-38)39-25(12-23(14-46)43-42)24-9-7-8-10-27(24)55-39/h7-11,23,26,31-32,38,43,46,48H,12-18H2,1-6H3/t23-,26-,31+,32?,38+,41+,42+/m0/s1. The highest BCUT2D eigenvalue weighted by Crippen LogP contribution is 2.65. The van der Waals surface area contributed by atoms with E-state index in [1.807, 2.05) is 38.1 Å². The minimum atomic E-state index is -1.47. The number of para-hydroxylation sites is 1. The number of hydrogen-bond acceptors (Lipinski definition) is 14. The van der Waals surface area contributed by atoms with E-state index in [4.69, 9.17) is 28.1 Å². The van der Waals surface area contributed by atoms with Gasteiger partial charge in [0.05, 0.1) is 31.1 Å². The van der Waals surface area contributed by atoms with Gasteiger partial charge in [-0.3, -0.25) is 19.9 Å². The SMILES string of the molecule is COc1c(C)cc2c(c1O)[C@@H]1C3[C@@H]4SC[C@]5(N[C@H](CO)Cc6c5oc5ccccc65)C(=O)OC[C@@H](c5c6c(c(C)c(OC(C)=O)c54)OCO6)N3[C@](C)(C2)CN1C. The number of piperazine rings is 1. The Labute approximate surface area is 328 Å². The number of hydrogen-bond donors (Lipinski definition) is 3. The molecule has 56 heavy (non-hydrogen) atoms. The predicted octanol–water partition coefficient (Wildman–Crippen LogP) is 4.88.